The van der Waals surface area contributed by atoms with Gasteiger partial charge >= 0.3 is 7.82 Å². The summed E-state index contributed by atoms with van der Waals surface area (Å²) in [6.07, 6.45) is 12.6. The summed E-state index contributed by atoms with van der Waals surface area (Å²) in [4.78, 5) is 45.6. The molecule has 60 heavy (non-hydrogen) atoms. The number of aromatic amines is 2. The third-order valence-electron chi connectivity index (χ3n) is 10.6. The van der Waals surface area contributed by atoms with Crippen LogP contribution in [0.5, 0.6) is 5.75 Å². The molecule has 14 heteroatoms. The van der Waals surface area contributed by atoms with Crippen molar-refractivity contribution in [3.8, 4) is 5.75 Å². The van der Waals surface area contributed by atoms with E-state index in [1.165, 1.54) is 25.7 Å². The zero-order valence-corrected chi connectivity index (χ0v) is 37.2. The molecule has 7 N–H and O–H groups in total. The fraction of sp³-hybridized carbons (Fsp3) is 0.478. The Labute approximate surface area is 360 Å². The minimum atomic E-state index is -4.21. The highest BCUT2D eigenvalue weighted by Gasteiger charge is 2.26. The lowest BCUT2D eigenvalue weighted by Gasteiger charge is -2.21. The van der Waals surface area contributed by atoms with Crippen LogP contribution >= 0.6 is 19.4 Å². The minimum absolute atomic E-state index is 0.121. The molecule has 3 aromatic carbocycles. The number of carbonyl (C=O) groups excluding carboxylic acids is 2. The standard InChI is InChI=1S/C40H51ClN5O6P.C6H15N/c41-33-19-11-14-22-38(33)52-53(49,50)51-24-16-8-6-4-2-1-3-5-7-15-23-43-40(48)37(26-30-28-44-36-21-13-10-18-32(30)36)46-39(47)34(42)27-31-25-29-17-9-12-20-35(29)45-31;1-4-7(5-2)6-3/h9-14,17-22,25,28,34,37,44-45H,1-8,15-16,23-24,26-27,42H2,(H,43,48)(H,46,47)(H,49,50);4-6H2,1-3H3/t34-,37-;/m1./s1. The number of amides is 2. The Kier molecular flexibility index (Phi) is 21.2. The molecule has 2 amide bonds. The Morgan fingerprint density at radius 2 is 1.40 bits per heavy atom. The van der Waals surface area contributed by atoms with Gasteiger partial charge in [-0.15, -0.1) is 0 Å². The third-order valence-corrected chi connectivity index (χ3v) is 11.9. The number of para-hydroxylation sites is 3. The van der Waals surface area contributed by atoms with Crippen molar-refractivity contribution in [3.05, 3.63) is 101 Å². The second-order valence-electron chi connectivity index (χ2n) is 15.1. The van der Waals surface area contributed by atoms with Gasteiger partial charge < -0.3 is 35.8 Å². The van der Waals surface area contributed by atoms with Crippen LogP contribution in [0.25, 0.3) is 21.8 Å². The molecule has 328 valence electrons. The first-order valence-electron chi connectivity index (χ1n) is 21.6. The lowest BCUT2D eigenvalue weighted by molar-refractivity contribution is -0.129. The first-order valence-corrected chi connectivity index (χ1v) is 23.5. The molecule has 0 spiro atoms. The molecule has 0 bridgehead atoms. The largest absolute Gasteiger partial charge is 0.527 e. The predicted octanol–water partition coefficient (Wildman–Crippen LogP) is 9.46. The molecule has 0 fully saturated rings. The first kappa shape index (κ1) is 48.5. The number of nitrogens with one attached hydrogen (secondary N) is 4. The zero-order valence-electron chi connectivity index (χ0n) is 35.6. The highest BCUT2D eigenvalue weighted by Crippen LogP contribution is 2.45. The van der Waals surface area contributed by atoms with Crippen LogP contribution in [-0.4, -0.2) is 76.4 Å². The van der Waals surface area contributed by atoms with Crippen LogP contribution in [0.2, 0.25) is 5.02 Å². The number of H-pyrrole nitrogens is 2. The van der Waals surface area contributed by atoms with Gasteiger partial charge in [-0.25, -0.2) is 4.57 Å². The molecule has 2 aromatic heterocycles. The molecule has 0 radical (unpaired) electrons. The van der Waals surface area contributed by atoms with Crippen molar-refractivity contribution in [2.75, 3.05) is 32.8 Å². The number of carbonyl (C=O) groups is 2. The van der Waals surface area contributed by atoms with Gasteiger partial charge in [0.2, 0.25) is 11.8 Å². The van der Waals surface area contributed by atoms with Gasteiger partial charge in [0.05, 0.1) is 17.7 Å². The van der Waals surface area contributed by atoms with Gasteiger partial charge in [0.15, 0.2) is 0 Å². The van der Waals surface area contributed by atoms with Crippen LogP contribution < -0.4 is 20.9 Å². The van der Waals surface area contributed by atoms with Gasteiger partial charge in [0.1, 0.15) is 11.8 Å². The van der Waals surface area contributed by atoms with Gasteiger partial charge in [0.25, 0.3) is 0 Å². The molecule has 2 heterocycles. The maximum Gasteiger partial charge on any atom is 0.527 e. The molecule has 0 aliphatic heterocycles. The van der Waals surface area contributed by atoms with Crippen molar-refractivity contribution >= 4 is 53.0 Å². The van der Waals surface area contributed by atoms with Crippen LogP contribution in [0.15, 0.2) is 85.1 Å². The van der Waals surface area contributed by atoms with E-state index in [9.17, 15) is 19.0 Å². The number of fused-ring (bicyclic) bond motifs is 2. The SMILES string of the molecule is CCN(CC)CC.N[C@H](Cc1cc2ccccc2[nH]1)C(=O)N[C@H](Cc1c[nH]c2ccccc12)C(=O)NCCCCCCCCCCCCOP(=O)(O)Oc1ccccc1Cl. The van der Waals surface area contributed by atoms with Crippen molar-refractivity contribution in [1.29, 1.82) is 0 Å². The van der Waals surface area contributed by atoms with Gasteiger partial charge in [0, 0.05) is 47.7 Å². The van der Waals surface area contributed by atoms with Gasteiger partial charge in [-0.1, -0.05) is 132 Å². The predicted molar refractivity (Wildman–Crippen MR) is 244 cm³/mol. The Hall–Kier alpha value is -4.16. The molecule has 0 saturated carbocycles. The highest BCUT2D eigenvalue weighted by molar-refractivity contribution is 7.47. The number of unbranched alkanes of at least 4 members (excludes halogenated alkanes) is 9. The summed E-state index contributed by atoms with van der Waals surface area (Å²) < 4.78 is 22.3. The van der Waals surface area contributed by atoms with Crippen LogP contribution in [0.3, 0.4) is 0 Å². The molecule has 0 aliphatic carbocycles. The highest BCUT2D eigenvalue weighted by atomic mass is 35.5. The maximum absolute atomic E-state index is 13.4. The summed E-state index contributed by atoms with van der Waals surface area (Å²) in [5, 5.41) is 8.32. The quantitative estimate of drug-likeness (QED) is 0.0236. The monoisotopic (exact) mass is 864 g/mol. The number of phosphoric acid groups is 1. The van der Waals surface area contributed by atoms with E-state index in [4.69, 9.17) is 26.4 Å². The molecule has 0 saturated heterocycles. The van der Waals surface area contributed by atoms with Crippen molar-refractivity contribution in [3.63, 3.8) is 0 Å². The lowest BCUT2D eigenvalue weighted by atomic mass is 10.0. The third kappa shape index (κ3) is 16.7. The smallest absolute Gasteiger partial charge is 0.403 e. The average molecular weight is 865 g/mol. The summed E-state index contributed by atoms with van der Waals surface area (Å²) in [6.45, 7) is 10.8. The topological polar surface area (TPSA) is 175 Å². The van der Waals surface area contributed by atoms with E-state index in [-0.39, 0.29) is 29.2 Å². The molecule has 1 unspecified atom stereocenters. The molecule has 3 atom stereocenters. The van der Waals surface area contributed by atoms with E-state index >= 15 is 0 Å². The number of hydrogen-bond donors (Lipinski definition) is 6. The molecule has 5 rings (SSSR count). The summed E-state index contributed by atoms with van der Waals surface area (Å²) in [5.74, 6) is -0.468. The molecule has 5 aromatic rings. The first-order chi connectivity index (χ1) is 29.0. The second-order valence-corrected chi connectivity index (χ2v) is 16.9. The van der Waals surface area contributed by atoms with Crippen molar-refractivity contribution < 1.29 is 28.1 Å². The Morgan fingerprint density at radius 1 is 0.800 bits per heavy atom. The van der Waals surface area contributed by atoms with E-state index in [1.807, 2.05) is 60.8 Å². The number of hydrogen-bond acceptors (Lipinski definition) is 7. The van der Waals surface area contributed by atoms with Crippen LogP contribution in [0.4, 0.5) is 0 Å². The minimum Gasteiger partial charge on any atom is -0.403 e. The Balaban J connectivity index is 0.00000104. The Morgan fingerprint density at radius 3 is 2.05 bits per heavy atom. The van der Waals surface area contributed by atoms with E-state index in [0.717, 1.165) is 90.9 Å². The number of aromatic nitrogens is 2. The van der Waals surface area contributed by atoms with Gasteiger partial charge in [-0.2, -0.15) is 0 Å². The summed E-state index contributed by atoms with van der Waals surface area (Å²) in [6, 6.07) is 22.7. The number of nitrogens with zero attached hydrogens (tertiary/aromatic N) is 1. The van der Waals surface area contributed by atoms with E-state index < -0.39 is 19.9 Å². The number of phosphoric ester groups is 1. The fourth-order valence-corrected chi connectivity index (χ4v) is 8.13. The van der Waals surface area contributed by atoms with Crippen molar-refractivity contribution in [2.45, 2.75) is 110 Å². The van der Waals surface area contributed by atoms with Crippen LogP contribution in [0.1, 0.15) is 96.2 Å². The van der Waals surface area contributed by atoms with Gasteiger partial charge in [-0.3, -0.25) is 19.0 Å². The van der Waals surface area contributed by atoms with Crippen molar-refractivity contribution in [1.82, 2.24) is 25.5 Å². The normalized spacial score (nSPS) is 13.4. The average Bonchev–Trinajstić information content (AvgIpc) is 3.85. The molecular weight excluding hydrogens is 799 g/mol. The van der Waals surface area contributed by atoms with E-state index in [0.29, 0.717) is 25.8 Å². The van der Waals surface area contributed by atoms with E-state index in [2.05, 4.69) is 46.3 Å². The fourth-order valence-electron chi connectivity index (χ4n) is 7.08. The Bertz CT molecular complexity index is 2030. The molecule has 0 aliphatic rings. The number of halogens is 1. The number of rotatable bonds is 26. The second kappa shape index (κ2) is 26.2. The summed E-state index contributed by atoms with van der Waals surface area (Å²) >= 11 is 5.98. The summed E-state index contributed by atoms with van der Waals surface area (Å²) in [5.41, 5.74) is 10.1. The van der Waals surface area contributed by atoms with Crippen LogP contribution in [-0.2, 0) is 31.5 Å². The maximum atomic E-state index is 13.4. The van der Waals surface area contributed by atoms with Gasteiger partial charge in [-0.05, 0) is 73.8 Å². The van der Waals surface area contributed by atoms with Crippen molar-refractivity contribution in [2.24, 2.45) is 5.73 Å². The lowest BCUT2D eigenvalue weighted by Crippen LogP contribution is -2.53. The molecule has 12 nitrogen and oxygen atoms in total. The number of nitrogens with two attached hydrogens (primary N) is 1. The molecular formula is C46H66ClN6O6P. The summed E-state index contributed by atoms with van der Waals surface area (Å²) in [7, 11) is -4.21. The zero-order chi connectivity index (χ0) is 43.2. The number of benzene rings is 3. The van der Waals surface area contributed by atoms with Crippen LogP contribution in [0, 0.1) is 0 Å². The van der Waals surface area contributed by atoms with E-state index in [1.54, 1.807) is 18.2 Å².